The van der Waals surface area contributed by atoms with Crippen LogP contribution in [0.1, 0.15) is 28.4 Å². The summed E-state index contributed by atoms with van der Waals surface area (Å²) in [7, 11) is 1.59. The van der Waals surface area contributed by atoms with Crippen molar-refractivity contribution in [2.45, 2.75) is 26.9 Å². The number of Topliss-reactive ketones (excluding diaryl/α,β-unsaturated/α-hetero) is 1. The molecule has 1 unspecified atom stereocenters. The SMILES string of the molecule is COC(C)CN1C(=O)C(=O)c2c(C)ccc(C)c21. The Kier molecular flexibility index (Phi) is 3.22. The normalized spacial score (nSPS) is 16.1. The van der Waals surface area contributed by atoms with Gasteiger partial charge in [-0.3, -0.25) is 9.59 Å². The molecule has 2 rings (SSSR count). The zero-order chi connectivity index (χ0) is 13.4. The molecule has 0 saturated carbocycles. The number of hydrogen-bond donors (Lipinski definition) is 0. The van der Waals surface area contributed by atoms with Crippen LogP contribution in [0, 0.1) is 13.8 Å². The number of benzene rings is 1. The molecule has 0 saturated heterocycles. The Balaban J connectivity index is 2.51. The van der Waals surface area contributed by atoms with Crippen LogP contribution >= 0.6 is 0 Å². The zero-order valence-electron chi connectivity index (χ0n) is 11.1. The van der Waals surface area contributed by atoms with Gasteiger partial charge in [0.1, 0.15) is 0 Å². The van der Waals surface area contributed by atoms with Gasteiger partial charge in [-0.15, -0.1) is 0 Å². The van der Waals surface area contributed by atoms with Crippen LogP contribution in [-0.4, -0.2) is 31.4 Å². The summed E-state index contributed by atoms with van der Waals surface area (Å²) in [5, 5.41) is 0. The highest BCUT2D eigenvalue weighted by atomic mass is 16.5. The van der Waals surface area contributed by atoms with Crippen molar-refractivity contribution in [3.63, 3.8) is 0 Å². The maximum absolute atomic E-state index is 12.0. The highest BCUT2D eigenvalue weighted by Crippen LogP contribution is 2.34. The highest BCUT2D eigenvalue weighted by molar-refractivity contribution is 6.52. The van der Waals surface area contributed by atoms with Crippen LogP contribution in [0.3, 0.4) is 0 Å². The average molecular weight is 247 g/mol. The number of fused-ring (bicyclic) bond motifs is 1. The molecular formula is C14H17NO3. The van der Waals surface area contributed by atoms with Crippen LogP contribution < -0.4 is 4.90 Å². The standard InChI is InChI=1S/C14H17NO3/c1-8-5-6-9(2)12-11(8)13(16)14(17)15(12)7-10(3)18-4/h5-6,10H,7H2,1-4H3. The monoisotopic (exact) mass is 247 g/mol. The Morgan fingerprint density at radius 3 is 2.44 bits per heavy atom. The molecule has 0 spiro atoms. The summed E-state index contributed by atoms with van der Waals surface area (Å²) >= 11 is 0. The van der Waals surface area contributed by atoms with Gasteiger partial charge in [0.15, 0.2) is 0 Å². The lowest BCUT2D eigenvalue weighted by atomic mass is 10.0. The van der Waals surface area contributed by atoms with E-state index in [1.54, 1.807) is 7.11 Å². The van der Waals surface area contributed by atoms with Crippen molar-refractivity contribution in [3.8, 4) is 0 Å². The molecule has 1 aliphatic rings. The third kappa shape index (κ3) is 1.82. The fourth-order valence-corrected chi connectivity index (χ4v) is 2.27. The summed E-state index contributed by atoms with van der Waals surface area (Å²) in [4.78, 5) is 25.6. The van der Waals surface area contributed by atoms with Crippen LogP contribution in [0.2, 0.25) is 0 Å². The molecule has 18 heavy (non-hydrogen) atoms. The van der Waals surface area contributed by atoms with E-state index >= 15 is 0 Å². The van der Waals surface area contributed by atoms with Crippen molar-refractivity contribution in [3.05, 3.63) is 28.8 Å². The Hall–Kier alpha value is -1.68. The third-order valence-electron chi connectivity index (χ3n) is 3.37. The largest absolute Gasteiger partial charge is 0.380 e. The number of amides is 1. The molecule has 0 bridgehead atoms. The van der Waals surface area contributed by atoms with Gasteiger partial charge in [0.25, 0.3) is 11.7 Å². The summed E-state index contributed by atoms with van der Waals surface area (Å²) < 4.78 is 5.18. The number of ether oxygens (including phenoxy) is 1. The third-order valence-corrected chi connectivity index (χ3v) is 3.37. The first-order chi connectivity index (χ1) is 8.47. The van der Waals surface area contributed by atoms with E-state index in [1.165, 1.54) is 4.90 Å². The van der Waals surface area contributed by atoms with Crippen LogP contribution in [0.15, 0.2) is 12.1 Å². The van der Waals surface area contributed by atoms with Crippen LogP contribution in [-0.2, 0) is 9.53 Å². The molecular weight excluding hydrogens is 230 g/mol. The lowest BCUT2D eigenvalue weighted by molar-refractivity contribution is -0.114. The summed E-state index contributed by atoms with van der Waals surface area (Å²) in [6, 6.07) is 3.81. The molecule has 1 aliphatic heterocycles. The lowest BCUT2D eigenvalue weighted by Gasteiger charge is -2.22. The van der Waals surface area contributed by atoms with Crippen molar-refractivity contribution in [1.29, 1.82) is 0 Å². The van der Waals surface area contributed by atoms with Gasteiger partial charge in [0.05, 0.1) is 23.9 Å². The van der Waals surface area contributed by atoms with Crippen molar-refractivity contribution in [2.75, 3.05) is 18.6 Å². The first kappa shape index (κ1) is 12.8. The molecule has 1 atom stereocenters. The van der Waals surface area contributed by atoms with Crippen LogP contribution in [0.25, 0.3) is 0 Å². The topological polar surface area (TPSA) is 46.6 Å². The van der Waals surface area contributed by atoms with Crippen molar-refractivity contribution in [1.82, 2.24) is 0 Å². The van der Waals surface area contributed by atoms with Gasteiger partial charge in [0, 0.05) is 7.11 Å². The van der Waals surface area contributed by atoms with Gasteiger partial charge in [-0.2, -0.15) is 0 Å². The number of hydrogen-bond acceptors (Lipinski definition) is 3. The van der Waals surface area contributed by atoms with E-state index in [2.05, 4.69) is 0 Å². The first-order valence-electron chi connectivity index (χ1n) is 5.96. The predicted molar refractivity (Wildman–Crippen MR) is 69.1 cm³/mol. The van der Waals surface area contributed by atoms with E-state index in [0.29, 0.717) is 12.1 Å². The van der Waals surface area contributed by atoms with Gasteiger partial charge >= 0.3 is 0 Å². The Bertz CT molecular complexity index is 522. The van der Waals surface area contributed by atoms with Gasteiger partial charge in [-0.05, 0) is 31.9 Å². The molecule has 4 heteroatoms. The Morgan fingerprint density at radius 1 is 1.22 bits per heavy atom. The number of rotatable bonds is 3. The minimum atomic E-state index is -0.452. The summed E-state index contributed by atoms with van der Waals surface area (Å²) in [6.07, 6.45) is -0.104. The predicted octanol–water partition coefficient (Wildman–Crippen LogP) is 1.87. The second-order valence-electron chi connectivity index (χ2n) is 4.71. The van der Waals surface area contributed by atoms with E-state index in [4.69, 9.17) is 4.74 Å². The summed E-state index contributed by atoms with van der Waals surface area (Å²) in [5.74, 6) is -0.860. The quantitative estimate of drug-likeness (QED) is 0.766. The molecule has 0 radical (unpaired) electrons. The van der Waals surface area contributed by atoms with Crippen LogP contribution in [0.5, 0.6) is 0 Å². The second-order valence-corrected chi connectivity index (χ2v) is 4.71. The number of ketones is 1. The second kappa shape index (κ2) is 4.53. The number of anilines is 1. The van der Waals surface area contributed by atoms with E-state index in [1.807, 2.05) is 32.9 Å². The molecule has 1 aromatic rings. The minimum Gasteiger partial charge on any atom is -0.380 e. The molecule has 4 nitrogen and oxygen atoms in total. The van der Waals surface area contributed by atoms with Gasteiger partial charge in [-0.25, -0.2) is 0 Å². The number of carbonyl (C=O) groups excluding carboxylic acids is 2. The molecule has 0 fully saturated rings. The van der Waals surface area contributed by atoms with E-state index in [-0.39, 0.29) is 6.10 Å². The van der Waals surface area contributed by atoms with Gasteiger partial charge in [0.2, 0.25) is 0 Å². The number of nitrogens with zero attached hydrogens (tertiary/aromatic N) is 1. The first-order valence-corrected chi connectivity index (χ1v) is 5.96. The summed E-state index contributed by atoms with van der Waals surface area (Å²) in [5.41, 5.74) is 3.08. The molecule has 96 valence electrons. The van der Waals surface area contributed by atoms with Gasteiger partial charge < -0.3 is 9.64 Å². The molecule has 0 N–H and O–H groups in total. The minimum absolute atomic E-state index is 0.104. The summed E-state index contributed by atoms with van der Waals surface area (Å²) in [6.45, 7) is 6.04. The lowest BCUT2D eigenvalue weighted by Crippen LogP contribution is -2.36. The molecule has 1 heterocycles. The smallest absolute Gasteiger partial charge is 0.299 e. The number of carbonyl (C=O) groups is 2. The van der Waals surface area contributed by atoms with Crippen molar-refractivity contribution >= 4 is 17.4 Å². The maximum Gasteiger partial charge on any atom is 0.299 e. The number of methoxy groups -OCH3 is 1. The Morgan fingerprint density at radius 2 is 1.83 bits per heavy atom. The number of aryl methyl sites for hydroxylation is 2. The van der Waals surface area contributed by atoms with E-state index in [0.717, 1.165) is 16.8 Å². The average Bonchev–Trinajstić information content (AvgIpc) is 2.60. The van der Waals surface area contributed by atoms with Crippen LogP contribution in [0.4, 0.5) is 5.69 Å². The fourth-order valence-electron chi connectivity index (χ4n) is 2.27. The molecule has 0 aromatic heterocycles. The van der Waals surface area contributed by atoms with Gasteiger partial charge in [-0.1, -0.05) is 12.1 Å². The molecule has 1 amide bonds. The highest BCUT2D eigenvalue weighted by Gasteiger charge is 2.38. The fraction of sp³-hybridized carbons (Fsp3) is 0.429. The van der Waals surface area contributed by atoms with E-state index in [9.17, 15) is 9.59 Å². The zero-order valence-corrected chi connectivity index (χ0v) is 11.1. The maximum atomic E-state index is 12.0. The van der Waals surface area contributed by atoms with Crippen molar-refractivity contribution in [2.24, 2.45) is 0 Å². The molecule has 1 aromatic carbocycles. The Labute approximate surface area is 107 Å². The van der Waals surface area contributed by atoms with Crippen molar-refractivity contribution < 1.29 is 14.3 Å². The molecule has 0 aliphatic carbocycles. The van der Waals surface area contributed by atoms with E-state index < -0.39 is 11.7 Å².